The Kier molecular flexibility index (Phi) is 6.36. The van der Waals surface area contributed by atoms with E-state index in [1.54, 1.807) is 30.5 Å². The van der Waals surface area contributed by atoms with Crippen molar-refractivity contribution < 1.29 is 9.21 Å². The number of anilines is 1. The molecule has 0 bridgehead atoms. The molecule has 2 aromatic heterocycles. The molecule has 0 aliphatic carbocycles. The minimum absolute atomic E-state index is 0.0858. The number of furan rings is 1. The third-order valence-electron chi connectivity index (χ3n) is 4.35. The summed E-state index contributed by atoms with van der Waals surface area (Å²) in [6.45, 7) is 0.528. The van der Waals surface area contributed by atoms with Gasteiger partial charge >= 0.3 is 0 Å². The van der Waals surface area contributed by atoms with Crippen molar-refractivity contribution in [2.75, 3.05) is 11.1 Å². The summed E-state index contributed by atoms with van der Waals surface area (Å²) in [4.78, 5) is 12.5. The third-order valence-corrected chi connectivity index (χ3v) is 5.55. The van der Waals surface area contributed by atoms with Crippen LogP contribution in [0.5, 0.6) is 0 Å². The number of hydrogen-bond acceptors (Lipinski definition) is 6. The van der Waals surface area contributed by atoms with E-state index in [2.05, 4.69) is 15.5 Å². The lowest BCUT2D eigenvalue weighted by atomic mass is 10.2. The Bertz CT molecular complexity index is 1230. The van der Waals surface area contributed by atoms with Crippen molar-refractivity contribution in [3.8, 4) is 17.7 Å². The van der Waals surface area contributed by atoms with Crippen molar-refractivity contribution in [1.29, 1.82) is 5.26 Å². The highest BCUT2D eigenvalue weighted by Crippen LogP contribution is 2.26. The molecule has 0 fully saturated rings. The zero-order valence-electron chi connectivity index (χ0n) is 16.2. The molecule has 0 radical (unpaired) electrons. The second-order valence-electron chi connectivity index (χ2n) is 6.49. The smallest absolute Gasteiger partial charge is 0.234 e. The van der Waals surface area contributed by atoms with Gasteiger partial charge in [-0.05, 0) is 35.9 Å². The summed E-state index contributed by atoms with van der Waals surface area (Å²) in [7, 11) is 0. The highest BCUT2D eigenvalue weighted by molar-refractivity contribution is 7.99. The fourth-order valence-electron chi connectivity index (χ4n) is 2.93. The molecule has 1 amide bonds. The summed E-state index contributed by atoms with van der Waals surface area (Å²) in [5, 5.41) is 21.5. The highest BCUT2D eigenvalue weighted by Gasteiger charge is 2.18. The van der Waals surface area contributed by atoms with Gasteiger partial charge in [0.25, 0.3) is 0 Å². The molecule has 0 spiro atoms. The van der Waals surface area contributed by atoms with Gasteiger partial charge in [0, 0.05) is 5.02 Å². The molecule has 4 aromatic rings. The SMILES string of the molecule is N#Cc1ccc(Cl)cc1NC(=O)CSc1nnc(-c2ccco2)n1Cc1ccccc1. The lowest BCUT2D eigenvalue weighted by molar-refractivity contribution is -0.113. The number of carbonyl (C=O) groups excluding carboxylic acids is 1. The number of nitriles is 1. The first-order chi connectivity index (χ1) is 15.1. The largest absolute Gasteiger partial charge is 0.461 e. The van der Waals surface area contributed by atoms with Gasteiger partial charge in [0.15, 0.2) is 10.9 Å². The first kappa shape index (κ1) is 20.7. The van der Waals surface area contributed by atoms with Gasteiger partial charge in [0.2, 0.25) is 11.7 Å². The molecule has 2 aromatic carbocycles. The maximum atomic E-state index is 12.5. The molecule has 2 heterocycles. The molecule has 1 N–H and O–H groups in total. The van der Waals surface area contributed by atoms with Crippen LogP contribution in [0.4, 0.5) is 5.69 Å². The zero-order chi connectivity index (χ0) is 21.6. The molecule has 31 heavy (non-hydrogen) atoms. The second-order valence-corrected chi connectivity index (χ2v) is 7.87. The van der Waals surface area contributed by atoms with E-state index >= 15 is 0 Å². The number of nitrogens with one attached hydrogen (secondary N) is 1. The molecular formula is C22H16ClN5O2S. The van der Waals surface area contributed by atoms with Crippen molar-refractivity contribution >= 4 is 35.0 Å². The molecule has 0 aliphatic rings. The summed E-state index contributed by atoms with van der Waals surface area (Å²) in [6.07, 6.45) is 1.58. The predicted octanol–water partition coefficient (Wildman–Crippen LogP) is 4.84. The molecular weight excluding hydrogens is 434 g/mol. The Morgan fingerprint density at radius 2 is 2.00 bits per heavy atom. The first-order valence-electron chi connectivity index (χ1n) is 9.27. The summed E-state index contributed by atoms with van der Waals surface area (Å²) >= 11 is 7.23. The Hall–Kier alpha value is -3.54. The van der Waals surface area contributed by atoms with Gasteiger partial charge in [-0.2, -0.15) is 5.26 Å². The molecule has 0 saturated heterocycles. The molecule has 154 valence electrons. The molecule has 0 atom stereocenters. The van der Waals surface area contributed by atoms with E-state index in [0.717, 1.165) is 5.56 Å². The minimum Gasteiger partial charge on any atom is -0.461 e. The molecule has 0 unspecified atom stereocenters. The number of hydrogen-bond donors (Lipinski definition) is 1. The Morgan fingerprint density at radius 1 is 1.16 bits per heavy atom. The van der Waals surface area contributed by atoms with E-state index in [1.165, 1.54) is 11.8 Å². The van der Waals surface area contributed by atoms with E-state index in [1.807, 2.05) is 47.0 Å². The van der Waals surface area contributed by atoms with Crippen LogP contribution in [0.25, 0.3) is 11.6 Å². The normalized spacial score (nSPS) is 10.6. The Labute approximate surface area is 187 Å². The van der Waals surface area contributed by atoms with Crippen LogP contribution in [-0.4, -0.2) is 26.4 Å². The highest BCUT2D eigenvalue weighted by atomic mass is 35.5. The third kappa shape index (κ3) is 4.97. The zero-order valence-corrected chi connectivity index (χ0v) is 17.7. The van der Waals surface area contributed by atoms with Crippen LogP contribution in [-0.2, 0) is 11.3 Å². The van der Waals surface area contributed by atoms with Crippen LogP contribution in [0.15, 0.2) is 76.5 Å². The number of thioether (sulfide) groups is 1. The standard InChI is InChI=1S/C22H16ClN5O2S/c23-17-9-8-16(12-24)18(11-17)25-20(29)14-31-22-27-26-21(19-7-4-10-30-19)28(22)13-15-5-2-1-3-6-15/h1-11H,13-14H2,(H,25,29). The van der Waals surface area contributed by atoms with Crippen LogP contribution >= 0.6 is 23.4 Å². The van der Waals surface area contributed by atoms with E-state index in [-0.39, 0.29) is 11.7 Å². The van der Waals surface area contributed by atoms with Crippen LogP contribution in [0.1, 0.15) is 11.1 Å². The molecule has 0 saturated carbocycles. The average Bonchev–Trinajstić information content (AvgIpc) is 3.43. The summed E-state index contributed by atoms with van der Waals surface area (Å²) in [5.41, 5.74) is 1.79. The predicted molar refractivity (Wildman–Crippen MR) is 119 cm³/mol. The van der Waals surface area contributed by atoms with Gasteiger partial charge in [0.1, 0.15) is 6.07 Å². The first-order valence-corrected chi connectivity index (χ1v) is 10.6. The van der Waals surface area contributed by atoms with E-state index in [4.69, 9.17) is 16.0 Å². The summed E-state index contributed by atoms with van der Waals surface area (Å²) in [5.74, 6) is 0.982. The van der Waals surface area contributed by atoms with Crippen molar-refractivity contribution in [2.45, 2.75) is 11.7 Å². The number of amides is 1. The summed E-state index contributed by atoms with van der Waals surface area (Å²) < 4.78 is 7.41. The molecule has 7 nitrogen and oxygen atoms in total. The number of nitrogens with zero attached hydrogens (tertiary/aromatic N) is 4. The quantitative estimate of drug-likeness (QED) is 0.405. The van der Waals surface area contributed by atoms with E-state index < -0.39 is 0 Å². The van der Waals surface area contributed by atoms with Crippen LogP contribution in [0.3, 0.4) is 0 Å². The monoisotopic (exact) mass is 449 g/mol. The van der Waals surface area contributed by atoms with Crippen molar-refractivity contribution in [1.82, 2.24) is 14.8 Å². The molecule has 9 heteroatoms. The Balaban J connectivity index is 1.53. The number of carbonyl (C=O) groups is 1. The molecule has 4 rings (SSSR count). The van der Waals surface area contributed by atoms with Crippen LogP contribution < -0.4 is 5.32 Å². The minimum atomic E-state index is -0.280. The second kappa shape index (κ2) is 9.51. The van der Waals surface area contributed by atoms with Gasteiger partial charge < -0.3 is 9.73 Å². The van der Waals surface area contributed by atoms with Gasteiger partial charge in [-0.1, -0.05) is 53.7 Å². The number of aromatic nitrogens is 3. The topological polar surface area (TPSA) is 96.7 Å². The maximum Gasteiger partial charge on any atom is 0.234 e. The van der Waals surface area contributed by atoms with Crippen molar-refractivity contribution in [3.63, 3.8) is 0 Å². The lowest BCUT2D eigenvalue weighted by Gasteiger charge is -2.10. The molecule has 0 aliphatic heterocycles. The van der Waals surface area contributed by atoms with E-state index in [9.17, 15) is 10.1 Å². The van der Waals surface area contributed by atoms with Crippen molar-refractivity contribution in [3.05, 3.63) is 83.1 Å². The fraction of sp³-hybridized carbons (Fsp3) is 0.0909. The van der Waals surface area contributed by atoms with Crippen LogP contribution in [0, 0.1) is 11.3 Å². The number of rotatable bonds is 7. The van der Waals surface area contributed by atoms with Crippen LogP contribution in [0.2, 0.25) is 5.02 Å². The van der Waals surface area contributed by atoms with Gasteiger partial charge in [-0.25, -0.2) is 0 Å². The number of benzene rings is 2. The van der Waals surface area contributed by atoms with E-state index in [0.29, 0.717) is 39.6 Å². The maximum absolute atomic E-state index is 12.5. The van der Waals surface area contributed by atoms with Gasteiger partial charge in [-0.3, -0.25) is 9.36 Å². The summed E-state index contributed by atoms with van der Waals surface area (Å²) in [6, 6.07) is 20.3. The average molecular weight is 450 g/mol. The Morgan fingerprint density at radius 3 is 2.74 bits per heavy atom. The van der Waals surface area contributed by atoms with Gasteiger partial charge in [0.05, 0.1) is 29.8 Å². The fourth-order valence-corrected chi connectivity index (χ4v) is 3.84. The lowest BCUT2D eigenvalue weighted by Crippen LogP contribution is -2.15. The van der Waals surface area contributed by atoms with Crippen molar-refractivity contribution in [2.24, 2.45) is 0 Å². The number of halogens is 1. The van der Waals surface area contributed by atoms with Gasteiger partial charge in [-0.15, -0.1) is 10.2 Å².